The Labute approximate surface area is 114 Å². The van der Waals surface area contributed by atoms with Crippen molar-refractivity contribution in [1.82, 2.24) is 4.98 Å². The Bertz CT molecular complexity index is 529. The number of rotatable bonds is 3. The number of aromatic nitrogens is 1. The van der Waals surface area contributed by atoms with Gasteiger partial charge in [-0.1, -0.05) is 0 Å². The minimum Gasteiger partial charge on any atom is -0.381 e. The van der Waals surface area contributed by atoms with Crippen LogP contribution in [0, 0.1) is 5.95 Å². The average molecular weight is 338 g/mol. The van der Waals surface area contributed by atoms with Crippen LogP contribution in [0.1, 0.15) is 18.5 Å². The van der Waals surface area contributed by atoms with Gasteiger partial charge < -0.3 is 4.74 Å². The van der Waals surface area contributed by atoms with Gasteiger partial charge >= 0.3 is 0 Å². The highest BCUT2D eigenvalue weighted by Crippen LogP contribution is 2.23. The largest absolute Gasteiger partial charge is 0.381 e. The normalized spacial score (nSPS) is 17.9. The Hall–Kier alpha value is -0.530. The lowest BCUT2D eigenvalue weighted by Gasteiger charge is -2.22. The zero-order valence-electron chi connectivity index (χ0n) is 9.60. The summed E-state index contributed by atoms with van der Waals surface area (Å²) in [5.74, 6) is -0.911. The van der Waals surface area contributed by atoms with E-state index in [4.69, 9.17) is 4.74 Å². The van der Waals surface area contributed by atoms with Crippen molar-refractivity contribution in [1.29, 1.82) is 0 Å². The van der Waals surface area contributed by atoms with Crippen molar-refractivity contribution in [3.63, 3.8) is 0 Å². The Morgan fingerprint density at radius 1 is 1.39 bits per heavy atom. The Morgan fingerprint density at radius 3 is 2.72 bits per heavy atom. The quantitative estimate of drug-likeness (QED) is 0.792. The minimum atomic E-state index is -3.31. The maximum atomic E-state index is 13.0. The number of ether oxygens (including phenoxy) is 1. The number of hydrogen-bond donors (Lipinski definition) is 0. The van der Waals surface area contributed by atoms with Crippen LogP contribution in [0.15, 0.2) is 16.6 Å². The second-order valence-corrected chi connectivity index (χ2v) is 7.32. The van der Waals surface area contributed by atoms with Gasteiger partial charge in [0.15, 0.2) is 9.84 Å². The summed E-state index contributed by atoms with van der Waals surface area (Å²) in [7, 11) is -3.31. The van der Waals surface area contributed by atoms with Crippen molar-refractivity contribution in [2.45, 2.75) is 23.8 Å². The predicted molar refractivity (Wildman–Crippen MR) is 68.4 cm³/mol. The molecule has 0 saturated carbocycles. The van der Waals surface area contributed by atoms with Gasteiger partial charge in [0, 0.05) is 17.7 Å². The standard InChI is InChI=1S/C11H13BrFNO3S/c12-9-1-2-11(13)14-10(9)7-18(15,16)8-3-5-17-6-4-8/h1-2,8H,3-7H2. The van der Waals surface area contributed by atoms with E-state index < -0.39 is 21.0 Å². The van der Waals surface area contributed by atoms with E-state index in [1.807, 2.05) is 0 Å². The SMILES string of the molecule is O=S(=O)(Cc1nc(F)ccc1Br)C1CCOCC1. The van der Waals surface area contributed by atoms with Gasteiger partial charge in [-0.15, -0.1) is 0 Å². The van der Waals surface area contributed by atoms with E-state index in [9.17, 15) is 12.8 Å². The summed E-state index contributed by atoms with van der Waals surface area (Å²) in [6.45, 7) is 0.920. The molecule has 0 spiro atoms. The zero-order valence-corrected chi connectivity index (χ0v) is 12.0. The maximum Gasteiger partial charge on any atom is 0.213 e. The number of sulfone groups is 1. The van der Waals surface area contributed by atoms with Gasteiger partial charge in [0.1, 0.15) is 0 Å². The fourth-order valence-electron chi connectivity index (χ4n) is 1.90. The highest BCUT2D eigenvalue weighted by Gasteiger charge is 2.29. The molecule has 18 heavy (non-hydrogen) atoms. The molecule has 0 unspecified atom stereocenters. The van der Waals surface area contributed by atoms with Crippen LogP contribution < -0.4 is 0 Å². The van der Waals surface area contributed by atoms with Crippen molar-refractivity contribution in [2.24, 2.45) is 0 Å². The van der Waals surface area contributed by atoms with Crippen molar-refractivity contribution >= 4 is 25.8 Å². The first-order valence-corrected chi connectivity index (χ1v) is 8.10. The summed E-state index contributed by atoms with van der Waals surface area (Å²) in [5.41, 5.74) is 0.224. The van der Waals surface area contributed by atoms with Gasteiger partial charge in [0.2, 0.25) is 5.95 Å². The Morgan fingerprint density at radius 2 is 2.06 bits per heavy atom. The molecule has 0 aromatic carbocycles. The van der Waals surface area contributed by atoms with Crippen LogP contribution in [-0.2, 0) is 20.3 Å². The molecule has 1 saturated heterocycles. The molecule has 0 bridgehead atoms. The van der Waals surface area contributed by atoms with Crippen molar-refractivity contribution < 1.29 is 17.5 Å². The Kier molecular flexibility index (Phi) is 4.34. The molecule has 1 fully saturated rings. The first-order valence-electron chi connectivity index (χ1n) is 5.59. The second kappa shape index (κ2) is 5.63. The zero-order chi connectivity index (χ0) is 13.2. The fraction of sp³-hybridized carbons (Fsp3) is 0.545. The van der Waals surface area contributed by atoms with Crippen LogP contribution in [0.25, 0.3) is 0 Å². The molecular formula is C11H13BrFNO3S. The molecule has 2 rings (SSSR count). The van der Waals surface area contributed by atoms with Gasteiger partial charge in [0.25, 0.3) is 0 Å². The molecular weight excluding hydrogens is 325 g/mol. The molecule has 0 N–H and O–H groups in total. The van der Waals surface area contributed by atoms with Gasteiger partial charge in [-0.3, -0.25) is 0 Å². The first kappa shape index (κ1) is 13.9. The van der Waals surface area contributed by atoms with E-state index in [-0.39, 0.29) is 11.4 Å². The van der Waals surface area contributed by atoms with Gasteiger partial charge in [-0.05, 0) is 40.9 Å². The van der Waals surface area contributed by atoms with Crippen LogP contribution in [0.5, 0.6) is 0 Å². The van der Waals surface area contributed by atoms with Gasteiger partial charge in [-0.2, -0.15) is 4.39 Å². The molecule has 0 radical (unpaired) electrons. The Balaban J connectivity index is 2.18. The third kappa shape index (κ3) is 3.27. The molecule has 2 heterocycles. The molecule has 7 heteroatoms. The van der Waals surface area contributed by atoms with E-state index in [0.29, 0.717) is 30.5 Å². The third-order valence-corrected chi connectivity index (χ3v) is 5.78. The van der Waals surface area contributed by atoms with E-state index in [1.54, 1.807) is 0 Å². The highest BCUT2D eigenvalue weighted by atomic mass is 79.9. The average Bonchev–Trinajstić information content (AvgIpc) is 2.35. The van der Waals surface area contributed by atoms with Crippen molar-refractivity contribution in [2.75, 3.05) is 13.2 Å². The summed E-state index contributed by atoms with van der Waals surface area (Å²) in [5, 5.41) is -0.414. The number of hydrogen-bond acceptors (Lipinski definition) is 4. The second-order valence-electron chi connectivity index (χ2n) is 4.18. The van der Waals surface area contributed by atoms with E-state index in [0.717, 1.165) is 0 Å². The van der Waals surface area contributed by atoms with Crippen LogP contribution in [-0.4, -0.2) is 31.9 Å². The van der Waals surface area contributed by atoms with Crippen molar-refractivity contribution in [3.8, 4) is 0 Å². The van der Waals surface area contributed by atoms with E-state index in [1.165, 1.54) is 12.1 Å². The topological polar surface area (TPSA) is 56.3 Å². The minimum absolute atomic E-state index is 0.224. The molecule has 4 nitrogen and oxygen atoms in total. The first-order chi connectivity index (χ1) is 8.49. The predicted octanol–water partition coefficient (Wildman–Crippen LogP) is 2.08. The smallest absolute Gasteiger partial charge is 0.213 e. The van der Waals surface area contributed by atoms with Crippen molar-refractivity contribution in [3.05, 3.63) is 28.2 Å². The summed E-state index contributed by atoms with van der Waals surface area (Å²) in [6, 6.07) is 2.66. The van der Waals surface area contributed by atoms with Gasteiger partial charge in [0.05, 0.1) is 16.7 Å². The summed E-state index contributed by atoms with van der Waals surface area (Å²) in [4.78, 5) is 3.63. The van der Waals surface area contributed by atoms with E-state index >= 15 is 0 Å². The van der Waals surface area contributed by atoms with E-state index in [2.05, 4.69) is 20.9 Å². The molecule has 1 aromatic heterocycles. The maximum absolute atomic E-state index is 13.0. The fourth-order valence-corrected chi connectivity index (χ4v) is 4.20. The number of halogens is 2. The summed E-state index contributed by atoms with van der Waals surface area (Å²) >= 11 is 3.19. The molecule has 1 aliphatic rings. The monoisotopic (exact) mass is 337 g/mol. The van der Waals surface area contributed by atoms with Crippen LogP contribution in [0.4, 0.5) is 4.39 Å². The molecule has 0 aliphatic carbocycles. The number of nitrogens with zero attached hydrogens (tertiary/aromatic N) is 1. The molecule has 100 valence electrons. The lowest BCUT2D eigenvalue weighted by atomic mass is 10.2. The lowest BCUT2D eigenvalue weighted by molar-refractivity contribution is 0.0983. The summed E-state index contributed by atoms with van der Waals surface area (Å²) in [6.07, 6.45) is 0.991. The number of pyridine rings is 1. The molecule has 1 aliphatic heterocycles. The molecule has 0 amide bonds. The van der Waals surface area contributed by atoms with Crippen LogP contribution in [0.3, 0.4) is 0 Å². The van der Waals surface area contributed by atoms with Crippen LogP contribution in [0.2, 0.25) is 0 Å². The highest BCUT2D eigenvalue weighted by molar-refractivity contribution is 9.10. The van der Waals surface area contributed by atoms with Gasteiger partial charge in [-0.25, -0.2) is 13.4 Å². The molecule has 1 aromatic rings. The van der Waals surface area contributed by atoms with Crippen LogP contribution >= 0.6 is 15.9 Å². The lowest BCUT2D eigenvalue weighted by Crippen LogP contribution is -2.30. The molecule has 0 atom stereocenters. The third-order valence-electron chi connectivity index (χ3n) is 2.90. The summed E-state index contributed by atoms with van der Waals surface area (Å²) < 4.78 is 43.0.